The highest BCUT2D eigenvalue weighted by molar-refractivity contribution is 5.96. The van der Waals surface area contributed by atoms with Crippen molar-refractivity contribution in [2.45, 2.75) is 64.6 Å². The first-order chi connectivity index (χ1) is 12.0. The summed E-state index contributed by atoms with van der Waals surface area (Å²) in [6.45, 7) is 7.71. The zero-order valence-electron chi connectivity index (χ0n) is 15.5. The minimum absolute atomic E-state index is 0.0661. The van der Waals surface area contributed by atoms with Crippen molar-refractivity contribution in [3.8, 4) is 0 Å². The van der Waals surface area contributed by atoms with Crippen LogP contribution < -0.4 is 5.32 Å². The number of nitrogens with one attached hydrogen (secondary N) is 1. The van der Waals surface area contributed by atoms with Crippen LogP contribution in [-0.2, 0) is 4.79 Å². The summed E-state index contributed by atoms with van der Waals surface area (Å²) in [5.74, 6) is -0.0592. The van der Waals surface area contributed by atoms with Gasteiger partial charge in [-0.1, -0.05) is 6.07 Å². The number of hydrogen-bond donors (Lipinski definition) is 1. The maximum Gasteiger partial charge on any atom is 0.253 e. The molecule has 3 rings (SSSR count). The lowest BCUT2D eigenvalue weighted by atomic mass is 10.0. The third-order valence-electron chi connectivity index (χ3n) is 5.56. The Morgan fingerprint density at radius 1 is 1.12 bits per heavy atom. The summed E-state index contributed by atoms with van der Waals surface area (Å²) >= 11 is 0. The van der Waals surface area contributed by atoms with Crippen molar-refractivity contribution in [1.82, 2.24) is 9.80 Å². The second kappa shape index (κ2) is 7.56. The van der Waals surface area contributed by atoms with Crippen molar-refractivity contribution in [2.24, 2.45) is 0 Å². The lowest BCUT2D eigenvalue weighted by Gasteiger charge is -2.41. The molecule has 0 aliphatic carbocycles. The largest absolute Gasteiger partial charge is 0.337 e. The molecule has 136 valence electrons. The fourth-order valence-electron chi connectivity index (χ4n) is 4.43. The maximum atomic E-state index is 13.0. The Morgan fingerprint density at radius 2 is 1.84 bits per heavy atom. The second-order valence-electron chi connectivity index (χ2n) is 7.53. The molecule has 5 nitrogen and oxygen atoms in total. The van der Waals surface area contributed by atoms with Gasteiger partial charge in [0.1, 0.15) is 0 Å². The molecule has 0 aromatic heterocycles. The molecule has 2 aliphatic heterocycles. The number of piperidine rings is 1. The summed E-state index contributed by atoms with van der Waals surface area (Å²) < 4.78 is 0. The van der Waals surface area contributed by atoms with Crippen LogP contribution in [0.25, 0.3) is 0 Å². The fraction of sp³-hybridized carbons (Fsp3) is 0.600. The van der Waals surface area contributed by atoms with Gasteiger partial charge in [-0.25, -0.2) is 0 Å². The van der Waals surface area contributed by atoms with E-state index in [0.29, 0.717) is 29.4 Å². The van der Waals surface area contributed by atoms with Crippen molar-refractivity contribution < 1.29 is 9.59 Å². The highest BCUT2D eigenvalue weighted by Gasteiger charge is 2.36. The van der Waals surface area contributed by atoms with E-state index < -0.39 is 0 Å². The van der Waals surface area contributed by atoms with E-state index in [4.69, 9.17) is 0 Å². The predicted octanol–water partition coefficient (Wildman–Crippen LogP) is 3.12. The molecule has 1 aromatic carbocycles. The minimum atomic E-state index is -0.125. The number of likely N-dealkylation sites (tertiary alicyclic amines) is 2. The summed E-state index contributed by atoms with van der Waals surface area (Å²) in [6, 6.07) is 8.92. The van der Waals surface area contributed by atoms with E-state index >= 15 is 0 Å². The molecular formula is C20H29N3O2. The third kappa shape index (κ3) is 4.03. The molecule has 1 N–H and O–H groups in total. The van der Waals surface area contributed by atoms with Crippen LogP contribution in [0.5, 0.6) is 0 Å². The Morgan fingerprint density at radius 3 is 2.52 bits per heavy atom. The molecule has 2 fully saturated rings. The Kier molecular flexibility index (Phi) is 5.42. The van der Waals surface area contributed by atoms with Crippen molar-refractivity contribution >= 4 is 17.5 Å². The van der Waals surface area contributed by atoms with E-state index in [0.717, 1.165) is 19.5 Å². The summed E-state index contributed by atoms with van der Waals surface area (Å²) in [6.07, 6.45) is 4.73. The van der Waals surface area contributed by atoms with Crippen LogP contribution in [0, 0.1) is 0 Å². The predicted molar refractivity (Wildman–Crippen MR) is 99.7 cm³/mol. The molecule has 25 heavy (non-hydrogen) atoms. The van der Waals surface area contributed by atoms with Crippen molar-refractivity contribution in [3.63, 3.8) is 0 Å². The van der Waals surface area contributed by atoms with Crippen LogP contribution in [-0.4, -0.2) is 52.8 Å². The molecule has 1 aromatic rings. The van der Waals surface area contributed by atoms with E-state index in [1.165, 1.54) is 26.2 Å². The molecule has 3 atom stereocenters. The molecule has 2 heterocycles. The van der Waals surface area contributed by atoms with Crippen LogP contribution in [0.1, 0.15) is 56.8 Å². The van der Waals surface area contributed by atoms with Crippen molar-refractivity contribution in [1.29, 1.82) is 0 Å². The molecule has 2 amide bonds. The van der Waals surface area contributed by atoms with Gasteiger partial charge in [0.2, 0.25) is 5.91 Å². The first-order valence-corrected chi connectivity index (χ1v) is 9.40. The monoisotopic (exact) mass is 343 g/mol. The SMILES string of the molecule is CC(=O)Nc1cccc(C(=O)N2CCCC(N3C(C)CCC3C)C2)c1. The van der Waals surface area contributed by atoms with Crippen LogP contribution in [0.4, 0.5) is 5.69 Å². The first kappa shape index (κ1) is 17.9. The van der Waals surface area contributed by atoms with Gasteiger partial charge in [-0.15, -0.1) is 0 Å². The molecule has 3 unspecified atom stereocenters. The Balaban J connectivity index is 1.71. The van der Waals surface area contributed by atoms with Crippen LogP contribution in [0.3, 0.4) is 0 Å². The normalized spacial score (nSPS) is 27.3. The highest BCUT2D eigenvalue weighted by Crippen LogP contribution is 2.30. The van der Waals surface area contributed by atoms with Crippen molar-refractivity contribution in [3.05, 3.63) is 29.8 Å². The Hall–Kier alpha value is -1.88. The van der Waals surface area contributed by atoms with E-state index in [-0.39, 0.29) is 11.8 Å². The number of anilines is 1. The second-order valence-corrected chi connectivity index (χ2v) is 7.53. The van der Waals surface area contributed by atoms with E-state index in [2.05, 4.69) is 24.1 Å². The average molecular weight is 343 g/mol. The van der Waals surface area contributed by atoms with Gasteiger partial charge >= 0.3 is 0 Å². The van der Waals surface area contributed by atoms with Gasteiger partial charge in [0.05, 0.1) is 0 Å². The zero-order chi connectivity index (χ0) is 18.0. The molecule has 0 radical (unpaired) electrons. The number of rotatable bonds is 3. The molecule has 0 spiro atoms. The van der Waals surface area contributed by atoms with Gasteiger partial charge in [-0.3, -0.25) is 14.5 Å². The summed E-state index contributed by atoms with van der Waals surface area (Å²) in [7, 11) is 0. The average Bonchev–Trinajstić information content (AvgIpc) is 2.92. The summed E-state index contributed by atoms with van der Waals surface area (Å²) in [5, 5.41) is 2.75. The van der Waals surface area contributed by atoms with Gasteiger partial charge in [-0.05, 0) is 57.7 Å². The van der Waals surface area contributed by atoms with Crippen LogP contribution in [0.2, 0.25) is 0 Å². The van der Waals surface area contributed by atoms with Gasteiger partial charge in [-0.2, -0.15) is 0 Å². The molecule has 0 saturated carbocycles. The van der Waals surface area contributed by atoms with Gasteiger partial charge in [0, 0.05) is 49.4 Å². The number of nitrogens with zero attached hydrogens (tertiary/aromatic N) is 2. The van der Waals surface area contributed by atoms with E-state index in [9.17, 15) is 9.59 Å². The Labute approximate surface area is 150 Å². The molecule has 2 saturated heterocycles. The number of carbonyl (C=O) groups is 2. The number of benzene rings is 1. The fourth-order valence-corrected chi connectivity index (χ4v) is 4.43. The first-order valence-electron chi connectivity index (χ1n) is 9.40. The lowest BCUT2D eigenvalue weighted by molar-refractivity contribution is -0.114. The number of hydrogen-bond acceptors (Lipinski definition) is 3. The van der Waals surface area contributed by atoms with Gasteiger partial charge in [0.25, 0.3) is 5.91 Å². The van der Waals surface area contributed by atoms with Gasteiger partial charge in [0.15, 0.2) is 0 Å². The lowest BCUT2D eigenvalue weighted by Crippen LogP contribution is -2.52. The zero-order valence-corrected chi connectivity index (χ0v) is 15.5. The molecule has 5 heteroatoms. The van der Waals surface area contributed by atoms with Crippen molar-refractivity contribution in [2.75, 3.05) is 18.4 Å². The quantitative estimate of drug-likeness (QED) is 0.917. The van der Waals surface area contributed by atoms with E-state index in [1.807, 2.05) is 23.1 Å². The Bertz CT molecular complexity index is 636. The highest BCUT2D eigenvalue weighted by atomic mass is 16.2. The molecule has 0 bridgehead atoms. The smallest absolute Gasteiger partial charge is 0.253 e. The molecule has 2 aliphatic rings. The molecular weight excluding hydrogens is 314 g/mol. The summed E-state index contributed by atoms with van der Waals surface area (Å²) in [4.78, 5) is 28.8. The minimum Gasteiger partial charge on any atom is -0.337 e. The number of carbonyl (C=O) groups excluding carboxylic acids is 2. The number of amides is 2. The van der Waals surface area contributed by atoms with E-state index in [1.54, 1.807) is 6.07 Å². The standard InChI is InChI=1S/C20H29N3O2/c1-14-9-10-15(2)23(14)19-8-5-11-22(13-19)20(25)17-6-4-7-18(12-17)21-16(3)24/h4,6-7,12,14-15,19H,5,8-11,13H2,1-3H3,(H,21,24). The third-order valence-corrected chi connectivity index (χ3v) is 5.56. The van der Waals surface area contributed by atoms with Crippen LogP contribution in [0.15, 0.2) is 24.3 Å². The maximum absolute atomic E-state index is 13.0. The van der Waals surface area contributed by atoms with Crippen LogP contribution >= 0.6 is 0 Å². The topological polar surface area (TPSA) is 52.7 Å². The summed E-state index contributed by atoms with van der Waals surface area (Å²) in [5.41, 5.74) is 1.32. The van der Waals surface area contributed by atoms with Gasteiger partial charge < -0.3 is 10.2 Å².